The maximum absolute atomic E-state index is 12.4. The van der Waals surface area contributed by atoms with Crippen molar-refractivity contribution in [2.24, 2.45) is 0 Å². The molecule has 5 aromatic rings. The van der Waals surface area contributed by atoms with Crippen LogP contribution < -0.4 is 39.2 Å². The Balaban J connectivity index is 0.000000306. The van der Waals surface area contributed by atoms with E-state index in [-0.39, 0.29) is 16.1 Å². The molecule has 0 fully saturated rings. The molecule has 0 aromatic heterocycles. The summed E-state index contributed by atoms with van der Waals surface area (Å²) in [5.41, 5.74) is 2.29. The van der Waals surface area contributed by atoms with E-state index in [2.05, 4.69) is 10.6 Å². The molecule has 0 aliphatic rings. The van der Waals surface area contributed by atoms with Crippen molar-refractivity contribution in [1.29, 1.82) is 0 Å². The van der Waals surface area contributed by atoms with E-state index in [1.165, 1.54) is 64.8 Å². The third kappa shape index (κ3) is 17.7. The number of benzene rings is 5. The van der Waals surface area contributed by atoms with E-state index in [0.29, 0.717) is 34.1 Å². The molecule has 388 valence electrons. The molecule has 0 spiro atoms. The Kier molecular flexibility index (Phi) is 21.8. The second-order valence-electron chi connectivity index (χ2n) is 17.2. The quantitative estimate of drug-likeness (QED) is 0.0357. The molecule has 4 N–H and O–H groups in total. The summed E-state index contributed by atoms with van der Waals surface area (Å²) < 4.78 is 70.7. The number of alkyl carbamates (subject to hydrolysis) is 2. The molecule has 21 heteroatoms. The molecule has 19 nitrogen and oxygen atoms in total. The van der Waals surface area contributed by atoms with Crippen LogP contribution in [0.15, 0.2) is 114 Å². The molecule has 2 amide bonds. The number of aryl methyl sites for hydroxylation is 1. The summed E-state index contributed by atoms with van der Waals surface area (Å²) >= 11 is 0. The first-order valence-electron chi connectivity index (χ1n) is 22.0. The van der Waals surface area contributed by atoms with Crippen LogP contribution in [0.2, 0.25) is 0 Å². The lowest BCUT2D eigenvalue weighted by Gasteiger charge is -2.23. The van der Waals surface area contributed by atoms with Crippen LogP contribution in [0.25, 0.3) is 11.1 Å². The fourth-order valence-electron chi connectivity index (χ4n) is 6.35. The Morgan fingerprint density at radius 3 is 1.26 bits per heavy atom. The van der Waals surface area contributed by atoms with Crippen molar-refractivity contribution in [3.05, 3.63) is 126 Å². The molecule has 72 heavy (non-hydrogen) atoms. The number of amides is 2. The summed E-state index contributed by atoms with van der Waals surface area (Å²) in [6, 6.07) is 27.4. The molecule has 2 atom stereocenters. The van der Waals surface area contributed by atoms with Crippen LogP contribution in [0.3, 0.4) is 0 Å². The van der Waals surface area contributed by atoms with Gasteiger partial charge in [-0.1, -0.05) is 66.2 Å². The lowest BCUT2D eigenvalue weighted by Crippen LogP contribution is -2.38. The van der Waals surface area contributed by atoms with Crippen molar-refractivity contribution >= 4 is 46.8 Å². The number of rotatable bonds is 15. The predicted octanol–water partition coefficient (Wildman–Crippen LogP) is 6.99. The van der Waals surface area contributed by atoms with E-state index < -0.39 is 64.6 Å². The molecule has 0 aliphatic heterocycles. The average molecular weight is 1020 g/mol. The molecule has 0 radical (unpaired) electrons. The fourth-order valence-corrected chi connectivity index (χ4v) is 7.28. The number of hydrogen-bond acceptors (Lipinski definition) is 17. The zero-order valence-electron chi connectivity index (χ0n) is 42.6. The zero-order chi connectivity index (χ0) is 54.0. The third-order valence-corrected chi connectivity index (χ3v) is 10.9. The van der Waals surface area contributed by atoms with Crippen LogP contribution in [-0.2, 0) is 38.7 Å². The van der Waals surface area contributed by atoms with Gasteiger partial charge in [-0.2, -0.15) is 8.42 Å². The highest BCUT2D eigenvalue weighted by Crippen LogP contribution is 2.38. The maximum atomic E-state index is 12.4. The number of carbonyl (C=O) groups is 4. The summed E-state index contributed by atoms with van der Waals surface area (Å²) in [5, 5.41) is 23.1. The monoisotopic (exact) mass is 1020 g/mol. The Hall–Kier alpha value is -7.49. The Morgan fingerprint density at radius 1 is 0.542 bits per heavy atom. The number of esters is 2. The second-order valence-corrected chi connectivity index (χ2v) is 18.8. The van der Waals surface area contributed by atoms with Crippen molar-refractivity contribution < 1.29 is 79.7 Å². The number of nitrogens with one attached hydrogen (secondary N) is 2. The third-order valence-electron chi connectivity index (χ3n) is 9.61. The summed E-state index contributed by atoms with van der Waals surface area (Å²) in [6.45, 7) is 12.2. The van der Waals surface area contributed by atoms with Crippen LogP contribution in [-0.4, -0.2) is 104 Å². The van der Waals surface area contributed by atoms with Crippen LogP contribution in [0.5, 0.6) is 28.7 Å². The first kappa shape index (κ1) is 58.8. The van der Waals surface area contributed by atoms with Crippen LogP contribution in [0.1, 0.15) is 70.3 Å². The van der Waals surface area contributed by atoms with E-state index in [0.717, 1.165) is 16.7 Å². The Labute approximate surface area is 420 Å². The van der Waals surface area contributed by atoms with Gasteiger partial charge in [0.05, 0.1) is 53.7 Å². The Bertz CT molecular complexity index is 2640. The van der Waals surface area contributed by atoms with Crippen LogP contribution >= 0.6 is 0 Å². The van der Waals surface area contributed by atoms with E-state index >= 15 is 0 Å². The lowest BCUT2D eigenvalue weighted by molar-refractivity contribution is -0.144. The van der Waals surface area contributed by atoms with Crippen molar-refractivity contribution in [2.75, 3.05) is 42.7 Å². The SMILES string of the molecule is COC(=O)C(NC(=O)OC(C)(C)C)c1ccc(-c2c(OC)cccc2OC)cc1.COC(=O)C(NC(=O)OC(C)(C)C)c1ccc(OS(=O)(=O)c2ccc(C)cc2)cc1.COc1cccc(OC)c1B(O)O. The van der Waals surface area contributed by atoms with Gasteiger partial charge >= 0.3 is 41.4 Å². The number of hydrogen-bond donors (Lipinski definition) is 4. The van der Waals surface area contributed by atoms with E-state index in [4.69, 9.17) is 52.1 Å². The molecular formula is C51H63BN2O17S. The minimum Gasteiger partial charge on any atom is -0.497 e. The van der Waals surface area contributed by atoms with Crippen LogP contribution in [0, 0.1) is 6.92 Å². The van der Waals surface area contributed by atoms with Gasteiger partial charge in [0, 0.05) is 0 Å². The van der Waals surface area contributed by atoms with Gasteiger partial charge < -0.3 is 62.8 Å². The molecule has 5 aromatic carbocycles. The van der Waals surface area contributed by atoms with Gasteiger partial charge in [0.25, 0.3) is 0 Å². The molecule has 0 saturated carbocycles. The van der Waals surface area contributed by atoms with Crippen molar-refractivity contribution in [2.45, 2.75) is 76.6 Å². The van der Waals surface area contributed by atoms with Gasteiger partial charge in [0.2, 0.25) is 0 Å². The van der Waals surface area contributed by atoms with E-state index in [9.17, 15) is 27.6 Å². The first-order chi connectivity index (χ1) is 33.8. The molecule has 5 rings (SSSR count). The standard InChI is InChI=1S/C22H27NO6.C21H25NO7S.C8H11BO4/c1-22(2,3)29-21(25)23-19(20(24)28-6)15-12-10-14(11-13-15)18-16(26-4)8-7-9-17(18)27-5;1-14-6-12-17(13-7-14)30(25,26)29-16-10-8-15(9-11-16)18(19(23)27-5)22-20(24)28-21(2,3)4;1-12-6-4-3-5-7(13-2)8(6)9(10)11/h7-13,19H,1-6H3,(H,23,25);6-13,18H,1-5H3,(H,22,24);3-5,10-11H,1-2H3. The highest BCUT2D eigenvalue weighted by molar-refractivity contribution is 7.87. The second kappa shape index (κ2) is 26.6. The minimum atomic E-state index is -4.00. The predicted molar refractivity (Wildman–Crippen MR) is 268 cm³/mol. The average Bonchev–Trinajstić information content (AvgIpc) is 3.33. The molecule has 0 heterocycles. The van der Waals surface area contributed by atoms with Gasteiger partial charge in [0.15, 0.2) is 12.1 Å². The molecule has 0 bridgehead atoms. The first-order valence-corrected chi connectivity index (χ1v) is 23.4. The summed E-state index contributed by atoms with van der Waals surface area (Å²) in [5.74, 6) is 0.867. The fraction of sp³-hybridized carbons (Fsp3) is 0.333. The number of methoxy groups -OCH3 is 6. The lowest BCUT2D eigenvalue weighted by atomic mass is 9.78. The minimum absolute atomic E-state index is 0.0243. The Morgan fingerprint density at radius 2 is 0.917 bits per heavy atom. The summed E-state index contributed by atoms with van der Waals surface area (Å²) in [7, 11) is 2.95. The summed E-state index contributed by atoms with van der Waals surface area (Å²) in [4.78, 5) is 48.6. The molecule has 2 unspecified atom stereocenters. The van der Waals surface area contributed by atoms with Gasteiger partial charge in [0.1, 0.15) is 44.8 Å². The molecular weight excluding hydrogens is 955 g/mol. The molecule has 0 saturated heterocycles. The van der Waals surface area contributed by atoms with Gasteiger partial charge in [-0.25, -0.2) is 19.2 Å². The van der Waals surface area contributed by atoms with Gasteiger partial charge in [-0.15, -0.1) is 0 Å². The van der Waals surface area contributed by atoms with Gasteiger partial charge in [-0.3, -0.25) is 0 Å². The van der Waals surface area contributed by atoms with Crippen LogP contribution in [0.4, 0.5) is 9.59 Å². The summed E-state index contributed by atoms with van der Waals surface area (Å²) in [6.07, 6.45) is -1.50. The highest BCUT2D eigenvalue weighted by Gasteiger charge is 2.29. The largest absolute Gasteiger partial charge is 0.497 e. The number of carbonyl (C=O) groups excluding carboxylic acids is 4. The maximum Gasteiger partial charge on any atom is 0.496 e. The zero-order valence-corrected chi connectivity index (χ0v) is 43.4. The van der Waals surface area contributed by atoms with E-state index in [1.54, 1.807) is 98.2 Å². The van der Waals surface area contributed by atoms with Crippen molar-refractivity contribution in [1.82, 2.24) is 10.6 Å². The van der Waals surface area contributed by atoms with Crippen molar-refractivity contribution in [3.8, 4) is 39.9 Å². The van der Waals surface area contributed by atoms with E-state index in [1.807, 2.05) is 37.3 Å². The van der Waals surface area contributed by atoms with Gasteiger partial charge in [-0.05, 0) is 114 Å². The smallest absolute Gasteiger partial charge is 0.496 e. The van der Waals surface area contributed by atoms with Crippen molar-refractivity contribution in [3.63, 3.8) is 0 Å². The number of ether oxygens (including phenoxy) is 8. The topological polar surface area (TPSA) is 250 Å². The molecule has 0 aliphatic carbocycles. The normalized spacial score (nSPS) is 11.8. The highest BCUT2D eigenvalue weighted by atomic mass is 32.2.